The number of ether oxygens (including phenoxy) is 1. The van der Waals surface area contributed by atoms with E-state index in [0.717, 1.165) is 44.1 Å². The summed E-state index contributed by atoms with van der Waals surface area (Å²) >= 11 is 0. The van der Waals surface area contributed by atoms with Gasteiger partial charge in [-0.1, -0.05) is 6.07 Å². The van der Waals surface area contributed by atoms with E-state index in [1.165, 1.54) is 20.0 Å². The van der Waals surface area contributed by atoms with Gasteiger partial charge in [-0.25, -0.2) is 4.39 Å². The summed E-state index contributed by atoms with van der Waals surface area (Å²) in [6, 6.07) is 5.29. The maximum absolute atomic E-state index is 13.8. The second-order valence-corrected chi connectivity index (χ2v) is 6.65. The topological polar surface area (TPSA) is 24.5 Å². The lowest BCUT2D eigenvalue weighted by Gasteiger charge is -2.34. The molecule has 3 nitrogen and oxygen atoms in total. The van der Waals surface area contributed by atoms with Gasteiger partial charge in [-0.2, -0.15) is 0 Å². The van der Waals surface area contributed by atoms with Gasteiger partial charge in [0.25, 0.3) is 0 Å². The zero-order valence-electron chi connectivity index (χ0n) is 13.0. The van der Waals surface area contributed by atoms with Gasteiger partial charge in [-0.15, -0.1) is 0 Å². The number of rotatable bonds is 4. The van der Waals surface area contributed by atoms with Crippen LogP contribution in [-0.2, 0) is 6.54 Å². The highest BCUT2D eigenvalue weighted by Gasteiger charge is 2.42. The molecule has 1 unspecified atom stereocenters. The summed E-state index contributed by atoms with van der Waals surface area (Å²) in [6.45, 7) is 6.36. The van der Waals surface area contributed by atoms with Crippen LogP contribution in [0, 0.1) is 11.7 Å². The van der Waals surface area contributed by atoms with Gasteiger partial charge in [-0.3, -0.25) is 4.90 Å². The van der Waals surface area contributed by atoms with Crippen molar-refractivity contribution in [1.82, 2.24) is 10.2 Å². The Balaban J connectivity index is 1.69. The summed E-state index contributed by atoms with van der Waals surface area (Å²) < 4.78 is 18.8. The Labute approximate surface area is 126 Å². The molecule has 0 radical (unpaired) electrons. The summed E-state index contributed by atoms with van der Waals surface area (Å²) in [5.41, 5.74) is 1.25. The molecule has 1 aromatic rings. The molecule has 0 bridgehead atoms. The minimum atomic E-state index is -0.270. The third-order valence-electron chi connectivity index (χ3n) is 4.83. The van der Waals surface area contributed by atoms with Crippen LogP contribution >= 0.6 is 0 Å². The second kappa shape index (κ2) is 5.93. The fourth-order valence-corrected chi connectivity index (χ4v) is 3.47. The van der Waals surface area contributed by atoms with Crippen LogP contribution in [0.25, 0.3) is 0 Å². The number of benzene rings is 1. The molecule has 2 fully saturated rings. The van der Waals surface area contributed by atoms with E-state index in [1.54, 1.807) is 12.1 Å². The number of methoxy groups -OCH3 is 1. The third-order valence-corrected chi connectivity index (χ3v) is 4.83. The molecule has 1 heterocycles. The molecule has 1 saturated carbocycles. The van der Waals surface area contributed by atoms with Crippen LogP contribution < -0.4 is 10.1 Å². The van der Waals surface area contributed by atoms with E-state index in [1.807, 2.05) is 6.07 Å². The molecule has 1 saturated heterocycles. The Kier molecular flexibility index (Phi) is 4.18. The molecule has 116 valence electrons. The number of halogens is 1. The monoisotopic (exact) mass is 292 g/mol. The van der Waals surface area contributed by atoms with Crippen molar-refractivity contribution in [3.05, 3.63) is 29.6 Å². The summed E-state index contributed by atoms with van der Waals surface area (Å²) in [6.07, 6.45) is 3.84. The van der Waals surface area contributed by atoms with Crippen LogP contribution in [0.4, 0.5) is 4.39 Å². The van der Waals surface area contributed by atoms with Crippen molar-refractivity contribution in [3.63, 3.8) is 0 Å². The van der Waals surface area contributed by atoms with Gasteiger partial charge in [0, 0.05) is 18.6 Å². The number of hydrogen-bond donors (Lipinski definition) is 1. The lowest BCUT2D eigenvalue weighted by atomic mass is 9.95. The largest absolute Gasteiger partial charge is 0.494 e. The van der Waals surface area contributed by atoms with Crippen molar-refractivity contribution in [3.8, 4) is 5.75 Å². The highest BCUT2D eigenvalue weighted by Crippen LogP contribution is 2.40. The predicted octanol–water partition coefficient (Wildman–Crippen LogP) is 2.80. The molecule has 1 aliphatic heterocycles. The Hall–Kier alpha value is -1.13. The molecular weight excluding hydrogens is 267 g/mol. The fourth-order valence-electron chi connectivity index (χ4n) is 3.47. The second-order valence-electron chi connectivity index (χ2n) is 6.65. The van der Waals surface area contributed by atoms with Crippen LogP contribution in [0.5, 0.6) is 5.75 Å². The highest BCUT2D eigenvalue weighted by molar-refractivity contribution is 5.29. The smallest absolute Gasteiger partial charge is 0.165 e. The van der Waals surface area contributed by atoms with Crippen LogP contribution in [0.1, 0.15) is 31.7 Å². The van der Waals surface area contributed by atoms with Gasteiger partial charge in [0.2, 0.25) is 0 Å². The Morgan fingerprint density at radius 1 is 1.43 bits per heavy atom. The van der Waals surface area contributed by atoms with E-state index < -0.39 is 0 Å². The summed E-state index contributed by atoms with van der Waals surface area (Å²) in [5, 5.41) is 3.73. The molecule has 3 rings (SSSR count). The molecule has 1 atom stereocenters. The molecule has 1 N–H and O–H groups in total. The van der Waals surface area contributed by atoms with Gasteiger partial charge in [0.15, 0.2) is 11.6 Å². The summed E-state index contributed by atoms with van der Waals surface area (Å²) in [7, 11) is 1.50. The van der Waals surface area contributed by atoms with E-state index in [9.17, 15) is 4.39 Å². The molecule has 1 aliphatic carbocycles. The highest BCUT2D eigenvalue weighted by atomic mass is 19.1. The molecule has 1 aromatic carbocycles. The zero-order chi connectivity index (χ0) is 14.9. The Morgan fingerprint density at radius 3 is 2.90 bits per heavy atom. The minimum Gasteiger partial charge on any atom is -0.494 e. The van der Waals surface area contributed by atoms with Crippen LogP contribution in [0.3, 0.4) is 0 Å². The van der Waals surface area contributed by atoms with Crippen molar-refractivity contribution >= 4 is 0 Å². The van der Waals surface area contributed by atoms with Crippen molar-refractivity contribution < 1.29 is 9.13 Å². The summed E-state index contributed by atoms with van der Waals surface area (Å²) in [5.74, 6) is 0.859. The molecular formula is C17H25FN2O. The van der Waals surface area contributed by atoms with Crippen molar-refractivity contribution in [2.24, 2.45) is 5.92 Å². The molecule has 2 aliphatic rings. The van der Waals surface area contributed by atoms with Crippen LogP contribution in [0.2, 0.25) is 0 Å². The first-order valence-electron chi connectivity index (χ1n) is 7.90. The first-order valence-corrected chi connectivity index (χ1v) is 7.90. The zero-order valence-corrected chi connectivity index (χ0v) is 13.0. The quantitative estimate of drug-likeness (QED) is 0.923. The fraction of sp³-hybridized carbons (Fsp3) is 0.647. The number of nitrogens with zero attached hydrogens (tertiary/aromatic N) is 1. The number of nitrogens with one attached hydrogen (secondary N) is 1. The third kappa shape index (κ3) is 3.38. The maximum atomic E-state index is 13.8. The standard InChI is InChI=1S/C17H25FN2O/c1-17(14-5-6-14)12-20(9-3-8-19-17)11-13-4-7-16(21-2)15(18)10-13/h4,7,10,14,19H,3,5-6,8-9,11-12H2,1-2H3. The average molecular weight is 292 g/mol. The number of hydrogen-bond acceptors (Lipinski definition) is 3. The van der Waals surface area contributed by atoms with Gasteiger partial charge >= 0.3 is 0 Å². The first-order chi connectivity index (χ1) is 10.1. The molecule has 0 spiro atoms. The van der Waals surface area contributed by atoms with Crippen molar-refractivity contribution in [2.75, 3.05) is 26.7 Å². The SMILES string of the molecule is COc1ccc(CN2CCCNC(C)(C3CC3)C2)cc1F. The van der Waals surface area contributed by atoms with Gasteiger partial charge in [-0.05, 0) is 62.9 Å². The average Bonchev–Trinajstić information content (AvgIpc) is 3.27. The maximum Gasteiger partial charge on any atom is 0.165 e. The Bertz CT molecular complexity index is 504. The van der Waals surface area contributed by atoms with Crippen LogP contribution in [0.15, 0.2) is 18.2 Å². The molecule has 21 heavy (non-hydrogen) atoms. The van der Waals surface area contributed by atoms with E-state index in [2.05, 4.69) is 17.1 Å². The van der Waals surface area contributed by atoms with Gasteiger partial charge in [0.05, 0.1) is 7.11 Å². The lowest BCUT2D eigenvalue weighted by molar-refractivity contribution is 0.195. The van der Waals surface area contributed by atoms with Crippen LogP contribution in [-0.4, -0.2) is 37.2 Å². The van der Waals surface area contributed by atoms with Gasteiger partial charge in [0.1, 0.15) is 0 Å². The van der Waals surface area contributed by atoms with E-state index in [0.29, 0.717) is 5.75 Å². The van der Waals surface area contributed by atoms with E-state index in [-0.39, 0.29) is 11.4 Å². The molecule has 0 aromatic heterocycles. The predicted molar refractivity (Wildman–Crippen MR) is 82.0 cm³/mol. The normalized spacial score (nSPS) is 27.4. The van der Waals surface area contributed by atoms with Crippen molar-refractivity contribution in [2.45, 2.75) is 38.3 Å². The van der Waals surface area contributed by atoms with E-state index >= 15 is 0 Å². The molecule has 4 heteroatoms. The van der Waals surface area contributed by atoms with Crippen molar-refractivity contribution in [1.29, 1.82) is 0 Å². The Morgan fingerprint density at radius 2 is 2.24 bits per heavy atom. The molecule has 0 amide bonds. The van der Waals surface area contributed by atoms with E-state index in [4.69, 9.17) is 4.74 Å². The lowest BCUT2D eigenvalue weighted by Crippen LogP contribution is -2.50. The summed E-state index contributed by atoms with van der Waals surface area (Å²) in [4.78, 5) is 2.46. The minimum absolute atomic E-state index is 0.224. The first kappa shape index (κ1) is 14.8. The van der Waals surface area contributed by atoms with Gasteiger partial charge < -0.3 is 10.1 Å².